The van der Waals surface area contributed by atoms with Crippen molar-refractivity contribution in [2.75, 3.05) is 50.6 Å². The molecule has 2 aromatic carbocycles. The van der Waals surface area contributed by atoms with Crippen LogP contribution >= 0.6 is 0 Å². The molecule has 0 bridgehead atoms. The molecule has 154 valence electrons. The van der Waals surface area contributed by atoms with Gasteiger partial charge in [0.15, 0.2) is 0 Å². The summed E-state index contributed by atoms with van der Waals surface area (Å²) < 4.78 is 10.4. The summed E-state index contributed by atoms with van der Waals surface area (Å²) in [6.45, 7) is 3.23. The topological polar surface area (TPSA) is 79.9 Å². The zero-order chi connectivity index (χ0) is 20.5. The molecule has 0 aliphatic carbocycles. The monoisotopic (exact) mass is 397 g/mol. The average Bonchev–Trinajstić information content (AvgIpc) is 2.75. The molecular weight excluding hydrogens is 370 g/mol. The van der Waals surface area contributed by atoms with Crippen molar-refractivity contribution in [3.8, 4) is 5.75 Å². The normalized spacial score (nSPS) is 14.2. The average molecular weight is 397 g/mol. The standard InChI is InChI=1S/C22H27N3O4/c1-28-20-9-2-17(3-10-20)4-11-21(26)23-18-5-7-19(8-6-18)24-22(27)16-25-12-14-29-15-13-25/h2-3,5-10H,4,11-16H2,1H3,(H,23,26)(H,24,27). The second kappa shape index (κ2) is 10.6. The Morgan fingerprint density at radius 3 is 2.10 bits per heavy atom. The zero-order valence-corrected chi connectivity index (χ0v) is 16.6. The van der Waals surface area contributed by atoms with Crippen LogP contribution in [0.15, 0.2) is 48.5 Å². The summed E-state index contributed by atoms with van der Waals surface area (Å²) in [5.41, 5.74) is 2.50. The first-order chi connectivity index (χ1) is 14.1. The Labute approximate surface area is 171 Å². The maximum Gasteiger partial charge on any atom is 0.238 e. The summed E-state index contributed by atoms with van der Waals surface area (Å²) in [6, 6.07) is 14.8. The van der Waals surface area contributed by atoms with Gasteiger partial charge in [0.25, 0.3) is 0 Å². The van der Waals surface area contributed by atoms with E-state index >= 15 is 0 Å². The quantitative estimate of drug-likeness (QED) is 0.716. The maximum atomic E-state index is 12.2. The van der Waals surface area contributed by atoms with E-state index in [2.05, 4.69) is 15.5 Å². The molecule has 0 atom stereocenters. The fraction of sp³-hybridized carbons (Fsp3) is 0.364. The number of carbonyl (C=O) groups is 2. The SMILES string of the molecule is COc1ccc(CCC(=O)Nc2ccc(NC(=O)CN3CCOCC3)cc2)cc1. The van der Waals surface area contributed by atoms with Crippen LogP contribution in [0.25, 0.3) is 0 Å². The van der Waals surface area contributed by atoms with Gasteiger partial charge in [-0.1, -0.05) is 12.1 Å². The molecule has 1 fully saturated rings. The number of anilines is 2. The smallest absolute Gasteiger partial charge is 0.238 e. The first-order valence-corrected chi connectivity index (χ1v) is 9.75. The molecule has 0 aromatic heterocycles. The number of aryl methyl sites for hydroxylation is 1. The second-order valence-electron chi connectivity index (χ2n) is 6.91. The molecule has 2 N–H and O–H groups in total. The van der Waals surface area contributed by atoms with Gasteiger partial charge >= 0.3 is 0 Å². The highest BCUT2D eigenvalue weighted by Gasteiger charge is 2.14. The third-order valence-electron chi connectivity index (χ3n) is 4.72. The number of morpholine rings is 1. The van der Waals surface area contributed by atoms with Crippen molar-refractivity contribution >= 4 is 23.2 Å². The van der Waals surface area contributed by atoms with Crippen LogP contribution in [-0.4, -0.2) is 56.7 Å². The van der Waals surface area contributed by atoms with Gasteiger partial charge in [-0.15, -0.1) is 0 Å². The molecule has 3 rings (SSSR count). The summed E-state index contributed by atoms with van der Waals surface area (Å²) in [6.07, 6.45) is 1.05. The predicted octanol–water partition coefficient (Wildman–Crippen LogP) is 2.54. The molecule has 1 aliphatic heterocycles. The number of nitrogens with zero attached hydrogens (tertiary/aromatic N) is 1. The molecule has 29 heavy (non-hydrogen) atoms. The van der Waals surface area contributed by atoms with Crippen molar-refractivity contribution in [1.82, 2.24) is 4.90 Å². The largest absolute Gasteiger partial charge is 0.497 e. The van der Waals surface area contributed by atoms with Gasteiger partial charge < -0.3 is 20.1 Å². The van der Waals surface area contributed by atoms with Crippen LogP contribution in [0.5, 0.6) is 5.75 Å². The van der Waals surface area contributed by atoms with Gasteiger partial charge in [-0.25, -0.2) is 0 Å². The lowest BCUT2D eigenvalue weighted by Gasteiger charge is -2.25. The molecule has 7 nitrogen and oxygen atoms in total. The van der Waals surface area contributed by atoms with Crippen molar-refractivity contribution in [3.63, 3.8) is 0 Å². The third-order valence-corrected chi connectivity index (χ3v) is 4.72. The van der Waals surface area contributed by atoms with Crippen LogP contribution in [0.4, 0.5) is 11.4 Å². The minimum atomic E-state index is -0.0526. The van der Waals surface area contributed by atoms with Crippen molar-refractivity contribution in [2.24, 2.45) is 0 Å². The van der Waals surface area contributed by atoms with Gasteiger partial charge in [-0.2, -0.15) is 0 Å². The molecule has 1 heterocycles. The van der Waals surface area contributed by atoms with E-state index in [9.17, 15) is 9.59 Å². The van der Waals surface area contributed by atoms with Crippen molar-refractivity contribution < 1.29 is 19.1 Å². The van der Waals surface area contributed by atoms with Gasteiger partial charge in [0.2, 0.25) is 11.8 Å². The highest BCUT2D eigenvalue weighted by atomic mass is 16.5. The highest BCUT2D eigenvalue weighted by Crippen LogP contribution is 2.15. The van der Waals surface area contributed by atoms with Gasteiger partial charge in [-0.3, -0.25) is 14.5 Å². The number of amides is 2. The Kier molecular flexibility index (Phi) is 7.61. The fourth-order valence-corrected chi connectivity index (χ4v) is 3.07. The summed E-state index contributed by atoms with van der Waals surface area (Å²) in [4.78, 5) is 26.4. The van der Waals surface area contributed by atoms with Crippen LogP contribution < -0.4 is 15.4 Å². The number of benzene rings is 2. The van der Waals surface area contributed by atoms with Gasteiger partial charge in [0, 0.05) is 30.9 Å². The molecule has 7 heteroatoms. The van der Waals surface area contributed by atoms with E-state index in [4.69, 9.17) is 9.47 Å². The number of carbonyl (C=O) groups excluding carboxylic acids is 2. The van der Waals surface area contributed by atoms with E-state index in [0.29, 0.717) is 44.0 Å². The van der Waals surface area contributed by atoms with Gasteiger partial charge in [-0.05, 0) is 48.4 Å². The zero-order valence-electron chi connectivity index (χ0n) is 16.6. The lowest BCUT2D eigenvalue weighted by Crippen LogP contribution is -2.41. The molecular formula is C22H27N3O4. The summed E-state index contributed by atoms with van der Waals surface area (Å²) in [5, 5.41) is 5.76. The Morgan fingerprint density at radius 1 is 0.931 bits per heavy atom. The van der Waals surface area contributed by atoms with Crippen LogP contribution in [0, 0.1) is 0 Å². The number of hydrogen-bond donors (Lipinski definition) is 2. The van der Waals surface area contributed by atoms with Crippen LogP contribution in [0.1, 0.15) is 12.0 Å². The van der Waals surface area contributed by atoms with Crippen LogP contribution in [0.3, 0.4) is 0 Å². The van der Waals surface area contributed by atoms with E-state index in [1.165, 1.54) is 0 Å². The van der Waals surface area contributed by atoms with Gasteiger partial charge in [0.1, 0.15) is 5.75 Å². The van der Waals surface area contributed by atoms with E-state index in [0.717, 1.165) is 24.4 Å². The van der Waals surface area contributed by atoms with Gasteiger partial charge in [0.05, 0.1) is 26.9 Å². The highest BCUT2D eigenvalue weighted by molar-refractivity contribution is 5.93. The molecule has 0 spiro atoms. The molecule has 0 saturated carbocycles. The van der Waals surface area contributed by atoms with E-state index in [1.54, 1.807) is 31.4 Å². The Bertz CT molecular complexity index is 800. The molecule has 1 aliphatic rings. The van der Waals surface area contributed by atoms with Crippen molar-refractivity contribution in [1.29, 1.82) is 0 Å². The fourth-order valence-electron chi connectivity index (χ4n) is 3.07. The van der Waals surface area contributed by atoms with Crippen molar-refractivity contribution in [3.05, 3.63) is 54.1 Å². The van der Waals surface area contributed by atoms with Crippen LogP contribution in [0.2, 0.25) is 0 Å². The first-order valence-electron chi connectivity index (χ1n) is 9.75. The maximum absolute atomic E-state index is 12.2. The minimum absolute atomic E-state index is 0.0510. The minimum Gasteiger partial charge on any atom is -0.497 e. The number of hydrogen-bond acceptors (Lipinski definition) is 5. The molecule has 2 aromatic rings. The van der Waals surface area contributed by atoms with Crippen molar-refractivity contribution in [2.45, 2.75) is 12.8 Å². The number of nitrogens with one attached hydrogen (secondary N) is 2. The first kappa shape index (κ1) is 20.8. The lowest BCUT2D eigenvalue weighted by molar-refractivity contribution is -0.118. The molecule has 0 unspecified atom stereocenters. The Morgan fingerprint density at radius 2 is 1.52 bits per heavy atom. The molecule has 0 radical (unpaired) electrons. The Balaban J connectivity index is 1.41. The summed E-state index contributed by atoms with van der Waals surface area (Å²) in [5.74, 6) is 0.698. The van der Waals surface area contributed by atoms with E-state index < -0.39 is 0 Å². The number of ether oxygens (including phenoxy) is 2. The molecule has 1 saturated heterocycles. The predicted molar refractivity (Wildman–Crippen MR) is 112 cm³/mol. The summed E-state index contributed by atoms with van der Waals surface area (Å²) >= 11 is 0. The van der Waals surface area contributed by atoms with Crippen LogP contribution in [-0.2, 0) is 20.7 Å². The second-order valence-corrected chi connectivity index (χ2v) is 6.91. The lowest BCUT2D eigenvalue weighted by atomic mass is 10.1. The molecule has 2 amide bonds. The summed E-state index contributed by atoms with van der Waals surface area (Å²) in [7, 11) is 1.63. The van der Waals surface area contributed by atoms with E-state index in [-0.39, 0.29) is 11.8 Å². The number of methoxy groups -OCH3 is 1. The Hall–Kier alpha value is -2.90. The van der Waals surface area contributed by atoms with E-state index in [1.807, 2.05) is 24.3 Å². The number of rotatable bonds is 8. The third kappa shape index (κ3) is 6.89.